The SMILES string of the molecule is CC(NCC(O)c1ccc(Cl)c(F)c1)c1cccnc1. The molecular formula is C15H16ClFN2O. The number of rotatable bonds is 5. The van der Waals surface area contributed by atoms with Crippen LogP contribution in [0.15, 0.2) is 42.7 Å². The van der Waals surface area contributed by atoms with E-state index in [1.165, 1.54) is 12.1 Å². The van der Waals surface area contributed by atoms with Crippen molar-refractivity contribution in [1.29, 1.82) is 0 Å². The summed E-state index contributed by atoms with van der Waals surface area (Å²) in [4.78, 5) is 4.05. The van der Waals surface area contributed by atoms with Crippen molar-refractivity contribution in [1.82, 2.24) is 10.3 Å². The van der Waals surface area contributed by atoms with Gasteiger partial charge in [0, 0.05) is 25.0 Å². The lowest BCUT2D eigenvalue weighted by atomic mass is 10.1. The van der Waals surface area contributed by atoms with Crippen molar-refractivity contribution in [3.63, 3.8) is 0 Å². The second-order valence-corrected chi connectivity index (χ2v) is 5.01. The fourth-order valence-corrected chi connectivity index (χ4v) is 1.99. The van der Waals surface area contributed by atoms with Crippen LogP contribution in [0.4, 0.5) is 4.39 Å². The minimum atomic E-state index is -0.791. The standard InChI is InChI=1S/C15H16ClFN2O/c1-10(12-3-2-6-18-8-12)19-9-15(20)11-4-5-13(16)14(17)7-11/h2-8,10,15,19-20H,9H2,1H3. The molecule has 2 N–H and O–H groups in total. The predicted octanol–water partition coefficient (Wildman–Crippen LogP) is 3.26. The first-order chi connectivity index (χ1) is 9.58. The number of halogens is 2. The predicted molar refractivity (Wildman–Crippen MR) is 77.0 cm³/mol. The van der Waals surface area contributed by atoms with Crippen LogP contribution in [-0.4, -0.2) is 16.6 Å². The summed E-state index contributed by atoms with van der Waals surface area (Å²) in [5.74, 6) is -0.525. The van der Waals surface area contributed by atoms with Gasteiger partial charge < -0.3 is 10.4 Å². The molecule has 0 aliphatic heterocycles. The summed E-state index contributed by atoms with van der Waals surface area (Å²) in [6, 6.07) is 8.18. The van der Waals surface area contributed by atoms with Gasteiger partial charge in [-0.25, -0.2) is 4.39 Å². The van der Waals surface area contributed by atoms with E-state index in [9.17, 15) is 9.50 Å². The van der Waals surface area contributed by atoms with E-state index in [-0.39, 0.29) is 11.1 Å². The maximum Gasteiger partial charge on any atom is 0.142 e. The normalized spacial score (nSPS) is 14.0. The average Bonchev–Trinajstić information content (AvgIpc) is 2.48. The topological polar surface area (TPSA) is 45.1 Å². The van der Waals surface area contributed by atoms with Gasteiger partial charge in [-0.3, -0.25) is 4.98 Å². The van der Waals surface area contributed by atoms with E-state index < -0.39 is 11.9 Å². The quantitative estimate of drug-likeness (QED) is 0.890. The number of aliphatic hydroxyl groups is 1. The summed E-state index contributed by atoms with van der Waals surface area (Å²) < 4.78 is 13.3. The fraction of sp³-hybridized carbons (Fsp3) is 0.267. The summed E-state index contributed by atoms with van der Waals surface area (Å²) >= 11 is 5.61. The van der Waals surface area contributed by atoms with Crippen molar-refractivity contribution in [3.05, 3.63) is 64.7 Å². The van der Waals surface area contributed by atoms with Crippen LogP contribution in [0.5, 0.6) is 0 Å². The van der Waals surface area contributed by atoms with Gasteiger partial charge in [-0.05, 0) is 36.2 Å². The van der Waals surface area contributed by atoms with Gasteiger partial charge in [-0.2, -0.15) is 0 Å². The monoisotopic (exact) mass is 294 g/mol. The fourth-order valence-electron chi connectivity index (χ4n) is 1.88. The molecule has 2 atom stereocenters. The molecule has 2 rings (SSSR count). The Labute approximate surface area is 122 Å². The van der Waals surface area contributed by atoms with E-state index in [2.05, 4.69) is 10.3 Å². The number of aromatic nitrogens is 1. The molecule has 2 aromatic rings. The van der Waals surface area contributed by atoms with Crippen molar-refractivity contribution >= 4 is 11.6 Å². The number of hydrogen-bond acceptors (Lipinski definition) is 3. The number of nitrogens with zero attached hydrogens (tertiary/aromatic N) is 1. The lowest BCUT2D eigenvalue weighted by molar-refractivity contribution is 0.170. The Bertz CT molecular complexity index is 565. The molecule has 0 saturated heterocycles. The average molecular weight is 295 g/mol. The number of pyridine rings is 1. The van der Waals surface area contributed by atoms with Gasteiger partial charge in [0.1, 0.15) is 5.82 Å². The molecule has 0 radical (unpaired) electrons. The molecule has 5 heteroatoms. The summed E-state index contributed by atoms with van der Waals surface area (Å²) in [6.07, 6.45) is 2.69. The zero-order valence-corrected chi connectivity index (χ0v) is 11.8. The Balaban J connectivity index is 1.95. The highest BCUT2D eigenvalue weighted by Crippen LogP contribution is 2.20. The maximum absolute atomic E-state index is 13.3. The number of nitrogens with one attached hydrogen (secondary N) is 1. The molecule has 1 aromatic heterocycles. The van der Waals surface area contributed by atoms with Crippen molar-refractivity contribution in [2.24, 2.45) is 0 Å². The summed E-state index contributed by atoms with van der Waals surface area (Å²) in [5, 5.41) is 13.3. The van der Waals surface area contributed by atoms with Crippen molar-refractivity contribution in [2.45, 2.75) is 19.1 Å². The van der Waals surface area contributed by atoms with Crippen LogP contribution < -0.4 is 5.32 Å². The van der Waals surface area contributed by atoms with Crippen LogP contribution in [0.1, 0.15) is 30.2 Å². The van der Waals surface area contributed by atoms with Gasteiger partial charge >= 0.3 is 0 Å². The lowest BCUT2D eigenvalue weighted by Gasteiger charge is -2.17. The molecule has 106 valence electrons. The smallest absolute Gasteiger partial charge is 0.142 e. The van der Waals surface area contributed by atoms with Gasteiger partial charge in [0.25, 0.3) is 0 Å². The minimum Gasteiger partial charge on any atom is -0.387 e. The second-order valence-electron chi connectivity index (χ2n) is 4.61. The Hall–Kier alpha value is -1.49. The zero-order valence-electron chi connectivity index (χ0n) is 11.1. The molecule has 0 spiro atoms. The molecule has 0 saturated carbocycles. The lowest BCUT2D eigenvalue weighted by Crippen LogP contribution is -2.24. The van der Waals surface area contributed by atoms with E-state index in [0.29, 0.717) is 12.1 Å². The molecule has 3 nitrogen and oxygen atoms in total. The third kappa shape index (κ3) is 3.76. The zero-order chi connectivity index (χ0) is 14.5. The van der Waals surface area contributed by atoms with Crippen LogP contribution >= 0.6 is 11.6 Å². The Morgan fingerprint density at radius 1 is 1.35 bits per heavy atom. The van der Waals surface area contributed by atoms with Gasteiger partial charge in [0.05, 0.1) is 11.1 Å². The summed E-state index contributed by atoms with van der Waals surface area (Å²) in [7, 11) is 0. The van der Waals surface area contributed by atoms with E-state index in [1.54, 1.807) is 18.5 Å². The van der Waals surface area contributed by atoms with Gasteiger partial charge in [-0.1, -0.05) is 23.7 Å². The molecule has 20 heavy (non-hydrogen) atoms. The molecule has 0 aliphatic rings. The van der Waals surface area contributed by atoms with Crippen molar-refractivity contribution in [2.75, 3.05) is 6.54 Å². The summed E-state index contributed by atoms with van der Waals surface area (Å²) in [6.45, 7) is 2.29. The first-order valence-corrected chi connectivity index (χ1v) is 6.72. The van der Waals surface area contributed by atoms with Crippen LogP contribution in [0.3, 0.4) is 0 Å². The van der Waals surface area contributed by atoms with Crippen molar-refractivity contribution in [3.8, 4) is 0 Å². The third-order valence-electron chi connectivity index (χ3n) is 3.13. The van der Waals surface area contributed by atoms with Crippen LogP contribution in [-0.2, 0) is 0 Å². The molecule has 0 amide bonds. The Morgan fingerprint density at radius 3 is 2.80 bits per heavy atom. The molecule has 2 unspecified atom stereocenters. The molecule has 0 aliphatic carbocycles. The molecule has 1 aromatic carbocycles. The Kier molecular flexibility index (Phi) is 5.06. The van der Waals surface area contributed by atoms with E-state index >= 15 is 0 Å². The largest absolute Gasteiger partial charge is 0.387 e. The van der Waals surface area contributed by atoms with Crippen LogP contribution in [0.25, 0.3) is 0 Å². The van der Waals surface area contributed by atoms with E-state index in [4.69, 9.17) is 11.6 Å². The first kappa shape index (κ1) is 14.9. The highest BCUT2D eigenvalue weighted by atomic mass is 35.5. The highest BCUT2D eigenvalue weighted by molar-refractivity contribution is 6.30. The number of benzene rings is 1. The van der Waals surface area contributed by atoms with Gasteiger partial charge in [0.15, 0.2) is 0 Å². The number of aliphatic hydroxyl groups excluding tert-OH is 1. The van der Waals surface area contributed by atoms with Crippen LogP contribution in [0, 0.1) is 5.82 Å². The second kappa shape index (κ2) is 6.79. The molecular weight excluding hydrogens is 279 g/mol. The van der Waals surface area contributed by atoms with Gasteiger partial charge in [0.2, 0.25) is 0 Å². The first-order valence-electron chi connectivity index (χ1n) is 6.34. The van der Waals surface area contributed by atoms with Crippen molar-refractivity contribution < 1.29 is 9.50 Å². The molecule has 0 fully saturated rings. The van der Waals surface area contributed by atoms with E-state index in [1.807, 2.05) is 19.1 Å². The van der Waals surface area contributed by atoms with Gasteiger partial charge in [-0.15, -0.1) is 0 Å². The highest BCUT2D eigenvalue weighted by Gasteiger charge is 2.12. The molecule has 1 heterocycles. The van der Waals surface area contributed by atoms with Crippen LogP contribution in [0.2, 0.25) is 5.02 Å². The molecule has 0 bridgehead atoms. The third-order valence-corrected chi connectivity index (χ3v) is 3.44. The maximum atomic E-state index is 13.3. The van der Waals surface area contributed by atoms with E-state index in [0.717, 1.165) is 5.56 Å². The summed E-state index contributed by atoms with van der Waals surface area (Å²) in [5.41, 5.74) is 1.53. The Morgan fingerprint density at radius 2 is 2.15 bits per heavy atom. The minimum absolute atomic E-state index is 0.0514. The number of hydrogen-bond donors (Lipinski definition) is 2.